The molecule has 1 fully saturated rings. The van der Waals surface area contributed by atoms with Gasteiger partial charge in [0.15, 0.2) is 11.6 Å². The normalized spacial score (nSPS) is 20.7. The first-order valence-corrected chi connectivity index (χ1v) is 7.11. The lowest BCUT2D eigenvalue weighted by Crippen LogP contribution is -2.17. The number of aromatic nitrogens is 2. The van der Waals surface area contributed by atoms with Gasteiger partial charge in [-0.25, -0.2) is 13.8 Å². The van der Waals surface area contributed by atoms with Crippen molar-refractivity contribution in [2.24, 2.45) is 0 Å². The fourth-order valence-corrected chi connectivity index (χ4v) is 2.82. The SMILES string of the molecule is CC(Cl)c1nc2ccc(F)c(F)c2n1CC1CCCO1. The Morgan fingerprint density at radius 1 is 1.50 bits per heavy atom. The topological polar surface area (TPSA) is 27.1 Å². The average Bonchev–Trinajstić information content (AvgIpc) is 3.02. The van der Waals surface area contributed by atoms with Crippen LogP contribution in [0.1, 0.15) is 31.0 Å². The van der Waals surface area contributed by atoms with Crippen LogP contribution in [0.25, 0.3) is 11.0 Å². The van der Waals surface area contributed by atoms with E-state index in [4.69, 9.17) is 16.3 Å². The summed E-state index contributed by atoms with van der Waals surface area (Å²) < 4.78 is 34.8. The van der Waals surface area contributed by atoms with Crippen molar-refractivity contribution in [3.63, 3.8) is 0 Å². The van der Waals surface area contributed by atoms with Gasteiger partial charge in [0.1, 0.15) is 11.3 Å². The summed E-state index contributed by atoms with van der Waals surface area (Å²) >= 11 is 6.12. The van der Waals surface area contributed by atoms with Crippen LogP contribution in [-0.2, 0) is 11.3 Å². The number of imidazole rings is 1. The van der Waals surface area contributed by atoms with Crippen LogP contribution in [0.4, 0.5) is 8.78 Å². The van der Waals surface area contributed by atoms with Gasteiger partial charge in [0.05, 0.1) is 23.5 Å². The van der Waals surface area contributed by atoms with Crippen molar-refractivity contribution in [1.29, 1.82) is 0 Å². The molecule has 20 heavy (non-hydrogen) atoms. The Morgan fingerprint density at radius 3 is 2.95 bits per heavy atom. The third-order valence-corrected chi connectivity index (χ3v) is 3.79. The molecule has 1 aliphatic rings. The van der Waals surface area contributed by atoms with Gasteiger partial charge in [-0.05, 0) is 31.9 Å². The van der Waals surface area contributed by atoms with E-state index in [1.54, 1.807) is 11.5 Å². The van der Waals surface area contributed by atoms with Crippen molar-refractivity contribution in [2.45, 2.75) is 37.8 Å². The summed E-state index contributed by atoms with van der Waals surface area (Å²) in [6, 6.07) is 2.56. The molecule has 2 aromatic rings. The first-order chi connectivity index (χ1) is 9.58. The van der Waals surface area contributed by atoms with Gasteiger partial charge >= 0.3 is 0 Å². The number of fused-ring (bicyclic) bond motifs is 1. The Hall–Kier alpha value is -1.20. The highest BCUT2D eigenvalue weighted by Gasteiger charge is 2.24. The van der Waals surface area contributed by atoms with E-state index in [1.807, 2.05) is 0 Å². The third-order valence-electron chi connectivity index (χ3n) is 3.60. The Morgan fingerprint density at radius 2 is 2.30 bits per heavy atom. The van der Waals surface area contributed by atoms with Crippen molar-refractivity contribution in [2.75, 3.05) is 6.61 Å². The van der Waals surface area contributed by atoms with Gasteiger partial charge < -0.3 is 9.30 Å². The van der Waals surface area contributed by atoms with Crippen LogP contribution in [0.3, 0.4) is 0 Å². The maximum atomic E-state index is 14.1. The van der Waals surface area contributed by atoms with Gasteiger partial charge in [-0.1, -0.05) is 0 Å². The Balaban J connectivity index is 2.14. The van der Waals surface area contributed by atoms with Crippen molar-refractivity contribution >= 4 is 22.6 Å². The zero-order valence-electron chi connectivity index (χ0n) is 11.1. The first kappa shape index (κ1) is 13.8. The number of halogens is 3. The molecule has 1 aliphatic heterocycles. The maximum Gasteiger partial charge on any atom is 0.184 e. The number of alkyl halides is 1. The van der Waals surface area contributed by atoms with Gasteiger partial charge in [-0.3, -0.25) is 0 Å². The van der Waals surface area contributed by atoms with Gasteiger partial charge in [-0.15, -0.1) is 11.6 Å². The smallest absolute Gasteiger partial charge is 0.184 e. The minimum atomic E-state index is -0.878. The van der Waals surface area contributed by atoms with E-state index in [1.165, 1.54) is 6.07 Å². The Labute approximate surface area is 120 Å². The lowest BCUT2D eigenvalue weighted by atomic mass is 10.2. The molecule has 0 amide bonds. The number of hydrogen-bond donors (Lipinski definition) is 0. The summed E-state index contributed by atoms with van der Waals surface area (Å²) in [6.07, 6.45) is 1.90. The molecular weight excluding hydrogens is 286 g/mol. The average molecular weight is 301 g/mol. The van der Waals surface area contributed by atoms with E-state index in [9.17, 15) is 8.78 Å². The largest absolute Gasteiger partial charge is 0.376 e. The predicted molar refractivity (Wildman–Crippen MR) is 72.9 cm³/mol. The summed E-state index contributed by atoms with van der Waals surface area (Å²) in [5.41, 5.74) is 0.590. The summed E-state index contributed by atoms with van der Waals surface area (Å²) in [5.74, 6) is -1.21. The van der Waals surface area contributed by atoms with Gasteiger partial charge in [0, 0.05) is 6.61 Å². The molecule has 0 bridgehead atoms. The zero-order chi connectivity index (χ0) is 14.3. The van der Waals surface area contributed by atoms with E-state index in [0.29, 0.717) is 24.5 Å². The molecule has 0 radical (unpaired) electrons. The van der Waals surface area contributed by atoms with Crippen molar-refractivity contribution in [3.8, 4) is 0 Å². The molecule has 0 saturated carbocycles. The molecule has 3 rings (SSSR count). The third kappa shape index (κ3) is 2.29. The molecule has 6 heteroatoms. The molecule has 1 saturated heterocycles. The summed E-state index contributed by atoms with van der Waals surface area (Å²) in [7, 11) is 0. The van der Waals surface area contributed by atoms with E-state index < -0.39 is 11.6 Å². The fourth-order valence-electron chi connectivity index (χ4n) is 2.66. The molecule has 2 atom stereocenters. The lowest BCUT2D eigenvalue weighted by molar-refractivity contribution is 0.0971. The fraction of sp³-hybridized carbons (Fsp3) is 0.500. The molecule has 1 aromatic carbocycles. The molecule has 0 spiro atoms. The van der Waals surface area contributed by atoms with Crippen LogP contribution >= 0.6 is 11.6 Å². The van der Waals surface area contributed by atoms with Crippen LogP contribution < -0.4 is 0 Å². The second kappa shape index (κ2) is 5.30. The lowest BCUT2D eigenvalue weighted by Gasteiger charge is -2.15. The molecule has 0 aliphatic carbocycles. The van der Waals surface area contributed by atoms with Crippen LogP contribution in [0.5, 0.6) is 0 Å². The van der Waals surface area contributed by atoms with Gasteiger partial charge in [0.2, 0.25) is 0 Å². The van der Waals surface area contributed by atoms with Gasteiger partial charge in [0.25, 0.3) is 0 Å². The Bertz CT molecular complexity index is 636. The number of ether oxygens (including phenoxy) is 1. The first-order valence-electron chi connectivity index (χ1n) is 6.67. The number of nitrogens with zero attached hydrogens (tertiary/aromatic N) is 2. The van der Waals surface area contributed by atoms with Gasteiger partial charge in [-0.2, -0.15) is 0 Å². The molecule has 108 valence electrons. The van der Waals surface area contributed by atoms with Crippen molar-refractivity contribution in [3.05, 3.63) is 29.6 Å². The molecule has 2 unspecified atom stereocenters. The van der Waals surface area contributed by atoms with E-state index in [-0.39, 0.29) is 17.0 Å². The standard InChI is InChI=1S/C14H15ClF2N2O/c1-8(15)14-18-11-5-4-10(16)12(17)13(11)19(14)7-9-3-2-6-20-9/h4-5,8-9H,2-3,6-7H2,1H3. The monoisotopic (exact) mass is 300 g/mol. The van der Waals surface area contributed by atoms with Crippen LogP contribution in [0.2, 0.25) is 0 Å². The minimum Gasteiger partial charge on any atom is -0.376 e. The number of hydrogen-bond acceptors (Lipinski definition) is 2. The van der Waals surface area contributed by atoms with Crippen LogP contribution in [-0.4, -0.2) is 22.3 Å². The maximum absolute atomic E-state index is 14.1. The number of benzene rings is 1. The highest BCUT2D eigenvalue weighted by molar-refractivity contribution is 6.20. The Kier molecular flexibility index (Phi) is 3.65. The highest BCUT2D eigenvalue weighted by atomic mass is 35.5. The van der Waals surface area contributed by atoms with Crippen molar-refractivity contribution in [1.82, 2.24) is 9.55 Å². The summed E-state index contributed by atoms with van der Waals surface area (Å²) in [4.78, 5) is 4.32. The summed E-state index contributed by atoms with van der Waals surface area (Å²) in [5, 5.41) is -0.383. The minimum absolute atomic E-state index is 0.00392. The second-order valence-corrected chi connectivity index (χ2v) is 5.72. The van der Waals surface area contributed by atoms with E-state index in [0.717, 1.165) is 18.9 Å². The quantitative estimate of drug-likeness (QED) is 0.806. The summed E-state index contributed by atoms with van der Waals surface area (Å²) in [6.45, 7) is 2.92. The molecule has 2 heterocycles. The van der Waals surface area contributed by atoms with Crippen LogP contribution in [0.15, 0.2) is 12.1 Å². The predicted octanol–water partition coefficient (Wildman–Crippen LogP) is 3.79. The molecular formula is C14H15ClF2N2O. The van der Waals surface area contributed by atoms with Crippen LogP contribution in [0, 0.1) is 11.6 Å². The van der Waals surface area contributed by atoms with E-state index in [2.05, 4.69) is 4.98 Å². The zero-order valence-corrected chi connectivity index (χ0v) is 11.8. The number of rotatable bonds is 3. The highest BCUT2D eigenvalue weighted by Crippen LogP contribution is 2.29. The molecule has 0 N–H and O–H groups in total. The van der Waals surface area contributed by atoms with Crippen molar-refractivity contribution < 1.29 is 13.5 Å². The molecule has 1 aromatic heterocycles. The van der Waals surface area contributed by atoms with E-state index >= 15 is 0 Å². The molecule has 3 nitrogen and oxygen atoms in total. The second-order valence-electron chi connectivity index (χ2n) is 5.06.